The summed E-state index contributed by atoms with van der Waals surface area (Å²) in [4.78, 5) is 12.5. The van der Waals surface area contributed by atoms with Gasteiger partial charge in [0.25, 0.3) is 0 Å². The number of halogens is 3. The minimum absolute atomic E-state index is 0.179. The summed E-state index contributed by atoms with van der Waals surface area (Å²) in [6, 6.07) is -0.179. The van der Waals surface area contributed by atoms with E-state index in [9.17, 15) is 18.0 Å². The number of piperidine rings is 1. The van der Waals surface area contributed by atoms with Gasteiger partial charge in [-0.1, -0.05) is 19.8 Å². The number of carbonyl (C=O) groups is 1. The summed E-state index contributed by atoms with van der Waals surface area (Å²) in [5, 5.41) is 0. The Morgan fingerprint density at radius 3 is 2.47 bits per heavy atom. The van der Waals surface area contributed by atoms with E-state index in [1.54, 1.807) is 0 Å². The molecule has 2 fully saturated rings. The molecule has 0 spiro atoms. The number of alkyl halides is 3. The number of hydrogen-bond acceptors (Lipinski definition) is 1. The molecule has 17 heavy (non-hydrogen) atoms. The van der Waals surface area contributed by atoms with Crippen molar-refractivity contribution in [2.45, 2.75) is 51.2 Å². The fraction of sp³-hybridized carbons (Fsp3) is 0.917. The van der Waals surface area contributed by atoms with Gasteiger partial charge in [-0.05, 0) is 31.1 Å². The van der Waals surface area contributed by atoms with E-state index >= 15 is 0 Å². The number of fused-ring (bicyclic) bond motifs is 1. The minimum atomic E-state index is -4.72. The molecule has 1 saturated carbocycles. The third-order valence-corrected chi connectivity index (χ3v) is 4.24. The molecule has 2 aliphatic rings. The minimum Gasteiger partial charge on any atom is -0.332 e. The highest BCUT2D eigenvalue weighted by atomic mass is 19.4. The SMILES string of the molecule is CC1CCN(C(=O)C(F)(F)F)C2CCCCC12. The van der Waals surface area contributed by atoms with Crippen LogP contribution in [0.15, 0.2) is 0 Å². The first-order valence-corrected chi connectivity index (χ1v) is 6.29. The van der Waals surface area contributed by atoms with E-state index in [2.05, 4.69) is 6.92 Å². The average molecular weight is 249 g/mol. The lowest BCUT2D eigenvalue weighted by molar-refractivity contribution is -0.192. The topological polar surface area (TPSA) is 20.3 Å². The molecular weight excluding hydrogens is 231 g/mol. The molecule has 0 aromatic carbocycles. The third kappa shape index (κ3) is 2.43. The van der Waals surface area contributed by atoms with Gasteiger partial charge in [-0.15, -0.1) is 0 Å². The summed E-state index contributed by atoms with van der Waals surface area (Å²) >= 11 is 0. The van der Waals surface area contributed by atoms with Crippen molar-refractivity contribution in [1.82, 2.24) is 4.90 Å². The Labute approximate surface area is 99.2 Å². The van der Waals surface area contributed by atoms with Crippen molar-refractivity contribution in [3.05, 3.63) is 0 Å². The van der Waals surface area contributed by atoms with Gasteiger partial charge >= 0.3 is 12.1 Å². The van der Waals surface area contributed by atoms with E-state index in [0.29, 0.717) is 12.3 Å². The van der Waals surface area contributed by atoms with Crippen molar-refractivity contribution >= 4 is 5.91 Å². The largest absolute Gasteiger partial charge is 0.471 e. The first-order chi connectivity index (χ1) is 7.91. The van der Waals surface area contributed by atoms with Crippen molar-refractivity contribution in [2.24, 2.45) is 11.8 Å². The van der Waals surface area contributed by atoms with Gasteiger partial charge in [0, 0.05) is 12.6 Å². The van der Waals surface area contributed by atoms with Crippen LogP contribution in [0.4, 0.5) is 13.2 Å². The normalized spacial score (nSPS) is 34.4. The number of amides is 1. The highest BCUT2D eigenvalue weighted by molar-refractivity contribution is 5.82. The summed E-state index contributed by atoms with van der Waals surface area (Å²) in [5.74, 6) is -0.928. The zero-order chi connectivity index (χ0) is 12.6. The van der Waals surface area contributed by atoms with Crippen LogP contribution in [0.5, 0.6) is 0 Å². The molecule has 2 rings (SSSR count). The maximum Gasteiger partial charge on any atom is 0.471 e. The quantitative estimate of drug-likeness (QED) is 0.646. The number of nitrogens with zero attached hydrogens (tertiary/aromatic N) is 1. The van der Waals surface area contributed by atoms with Crippen LogP contribution < -0.4 is 0 Å². The molecule has 3 unspecified atom stereocenters. The van der Waals surface area contributed by atoms with Crippen molar-refractivity contribution in [3.63, 3.8) is 0 Å². The van der Waals surface area contributed by atoms with Crippen LogP contribution in [0, 0.1) is 11.8 Å². The second kappa shape index (κ2) is 4.50. The van der Waals surface area contributed by atoms with E-state index in [1.807, 2.05) is 0 Å². The Kier molecular flexibility index (Phi) is 3.36. The molecule has 1 heterocycles. The monoisotopic (exact) mass is 249 g/mol. The maximum atomic E-state index is 12.5. The van der Waals surface area contributed by atoms with Crippen molar-refractivity contribution in [1.29, 1.82) is 0 Å². The van der Waals surface area contributed by atoms with Gasteiger partial charge in [-0.2, -0.15) is 13.2 Å². The van der Waals surface area contributed by atoms with Crippen molar-refractivity contribution in [2.75, 3.05) is 6.54 Å². The molecule has 0 aromatic rings. The van der Waals surface area contributed by atoms with Gasteiger partial charge in [-0.25, -0.2) is 0 Å². The zero-order valence-electron chi connectivity index (χ0n) is 9.96. The molecule has 0 bridgehead atoms. The van der Waals surface area contributed by atoms with Gasteiger partial charge in [0.15, 0.2) is 0 Å². The first-order valence-electron chi connectivity index (χ1n) is 6.29. The van der Waals surface area contributed by atoms with E-state index in [4.69, 9.17) is 0 Å². The predicted molar refractivity (Wildman–Crippen MR) is 57.3 cm³/mol. The Hall–Kier alpha value is -0.740. The summed E-state index contributed by atoms with van der Waals surface area (Å²) < 4.78 is 37.5. The molecule has 0 aromatic heterocycles. The second-order valence-corrected chi connectivity index (χ2v) is 5.28. The number of hydrogen-bond donors (Lipinski definition) is 0. The van der Waals surface area contributed by atoms with E-state index < -0.39 is 12.1 Å². The predicted octanol–water partition coefficient (Wildman–Crippen LogP) is 2.98. The zero-order valence-corrected chi connectivity index (χ0v) is 9.96. The molecule has 1 aliphatic heterocycles. The van der Waals surface area contributed by atoms with Gasteiger partial charge in [0.05, 0.1) is 0 Å². The van der Waals surface area contributed by atoms with Crippen LogP contribution in [-0.4, -0.2) is 29.6 Å². The molecule has 1 amide bonds. The van der Waals surface area contributed by atoms with Crippen LogP contribution in [0.1, 0.15) is 39.0 Å². The third-order valence-electron chi connectivity index (χ3n) is 4.24. The summed E-state index contributed by atoms with van der Waals surface area (Å²) in [6.07, 6.45) is -0.301. The average Bonchev–Trinajstić information content (AvgIpc) is 2.28. The van der Waals surface area contributed by atoms with Crippen LogP contribution in [0.2, 0.25) is 0 Å². The van der Waals surface area contributed by atoms with E-state index in [0.717, 1.165) is 30.6 Å². The molecule has 2 nitrogen and oxygen atoms in total. The highest BCUT2D eigenvalue weighted by Crippen LogP contribution is 2.40. The standard InChI is InChI=1S/C12H18F3NO/c1-8-6-7-16(11(17)12(13,14)15)10-5-3-2-4-9(8)10/h8-10H,2-7H2,1H3. The van der Waals surface area contributed by atoms with Crippen LogP contribution >= 0.6 is 0 Å². The molecule has 0 radical (unpaired) electrons. The summed E-state index contributed by atoms with van der Waals surface area (Å²) in [6.45, 7) is 2.36. The second-order valence-electron chi connectivity index (χ2n) is 5.28. The molecule has 1 saturated heterocycles. The van der Waals surface area contributed by atoms with Gasteiger partial charge in [-0.3, -0.25) is 4.79 Å². The molecule has 1 aliphatic carbocycles. The molecular formula is C12H18F3NO. The first kappa shape index (κ1) is 12.7. The van der Waals surface area contributed by atoms with Crippen molar-refractivity contribution < 1.29 is 18.0 Å². The highest BCUT2D eigenvalue weighted by Gasteiger charge is 2.48. The van der Waals surface area contributed by atoms with Gasteiger partial charge in [0.2, 0.25) is 0 Å². The lowest BCUT2D eigenvalue weighted by Crippen LogP contribution is -2.55. The smallest absolute Gasteiger partial charge is 0.332 e. The van der Waals surface area contributed by atoms with E-state index in [1.165, 1.54) is 0 Å². The maximum absolute atomic E-state index is 12.5. The molecule has 98 valence electrons. The number of carbonyl (C=O) groups excluding carboxylic acids is 1. The van der Waals surface area contributed by atoms with Gasteiger partial charge < -0.3 is 4.90 Å². The van der Waals surface area contributed by atoms with E-state index in [-0.39, 0.29) is 18.5 Å². The Bertz CT molecular complexity index is 303. The summed E-state index contributed by atoms with van der Waals surface area (Å²) in [7, 11) is 0. The van der Waals surface area contributed by atoms with Crippen LogP contribution in [0.25, 0.3) is 0 Å². The van der Waals surface area contributed by atoms with Crippen molar-refractivity contribution in [3.8, 4) is 0 Å². The van der Waals surface area contributed by atoms with Crippen LogP contribution in [0.3, 0.4) is 0 Å². The molecule has 0 N–H and O–H groups in total. The fourth-order valence-electron chi connectivity index (χ4n) is 3.33. The molecule has 3 atom stereocenters. The lowest BCUT2D eigenvalue weighted by Gasteiger charge is -2.47. The lowest BCUT2D eigenvalue weighted by atomic mass is 9.72. The van der Waals surface area contributed by atoms with Gasteiger partial charge in [0.1, 0.15) is 0 Å². The fourth-order valence-corrected chi connectivity index (χ4v) is 3.33. The Morgan fingerprint density at radius 1 is 1.18 bits per heavy atom. The number of likely N-dealkylation sites (tertiary alicyclic amines) is 1. The molecule has 5 heteroatoms. The Morgan fingerprint density at radius 2 is 1.82 bits per heavy atom. The summed E-state index contributed by atoms with van der Waals surface area (Å²) in [5.41, 5.74) is 0. The van der Waals surface area contributed by atoms with Crippen LogP contribution in [-0.2, 0) is 4.79 Å². The Balaban J connectivity index is 2.15. The number of rotatable bonds is 0.